The Labute approximate surface area is 176 Å². The Morgan fingerprint density at radius 1 is 0.871 bits per heavy atom. The maximum atomic E-state index is 12.6. The molecule has 0 bridgehead atoms. The third-order valence-electron chi connectivity index (χ3n) is 4.47. The zero-order valence-corrected chi connectivity index (χ0v) is 16.5. The van der Waals surface area contributed by atoms with Crippen LogP contribution in [0.15, 0.2) is 0 Å². The SMILES string of the molecule is O=C(O)CCC(NC(=O)C(CC(=O)O)NC(=O)C1CCCN1)C(=O)NC(CO)C(=O)O. The molecule has 0 aliphatic carbocycles. The van der Waals surface area contributed by atoms with Crippen LogP contribution in [0, 0.1) is 0 Å². The average molecular weight is 446 g/mol. The second-order valence-electron chi connectivity index (χ2n) is 6.88. The Kier molecular flexibility index (Phi) is 10.3. The van der Waals surface area contributed by atoms with Crippen LogP contribution >= 0.6 is 0 Å². The number of aliphatic hydroxyl groups is 1. The molecule has 4 atom stereocenters. The number of aliphatic carboxylic acids is 3. The highest BCUT2D eigenvalue weighted by molar-refractivity contribution is 5.95. The molecule has 3 amide bonds. The van der Waals surface area contributed by atoms with Crippen molar-refractivity contribution in [2.45, 2.75) is 56.3 Å². The number of carbonyl (C=O) groups is 6. The van der Waals surface area contributed by atoms with Gasteiger partial charge in [-0.2, -0.15) is 0 Å². The molecule has 0 aromatic rings. The van der Waals surface area contributed by atoms with Gasteiger partial charge in [-0.1, -0.05) is 0 Å². The van der Waals surface area contributed by atoms with E-state index in [2.05, 4.69) is 16.0 Å². The fourth-order valence-corrected chi connectivity index (χ4v) is 2.83. The molecule has 1 rings (SSSR count). The van der Waals surface area contributed by atoms with Gasteiger partial charge in [0.15, 0.2) is 0 Å². The minimum absolute atomic E-state index is 0.442. The van der Waals surface area contributed by atoms with E-state index in [1.807, 2.05) is 5.32 Å². The second kappa shape index (κ2) is 12.4. The molecule has 1 aliphatic heterocycles. The number of hydrogen-bond donors (Lipinski definition) is 8. The van der Waals surface area contributed by atoms with Crippen molar-refractivity contribution >= 4 is 35.6 Å². The van der Waals surface area contributed by atoms with Crippen molar-refractivity contribution in [1.82, 2.24) is 21.3 Å². The molecule has 1 aliphatic rings. The van der Waals surface area contributed by atoms with Crippen molar-refractivity contribution in [3.8, 4) is 0 Å². The summed E-state index contributed by atoms with van der Waals surface area (Å²) in [5.74, 6) is -7.01. The number of aliphatic hydroxyl groups excluding tert-OH is 1. The number of rotatable bonds is 13. The first-order chi connectivity index (χ1) is 14.5. The van der Waals surface area contributed by atoms with E-state index in [9.17, 15) is 28.8 Å². The lowest BCUT2D eigenvalue weighted by molar-refractivity contribution is -0.144. The van der Waals surface area contributed by atoms with Crippen LogP contribution in [0.4, 0.5) is 0 Å². The smallest absolute Gasteiger partial charge is 0.328 e. The first-order valence-corrected chi connectivity index (χ1v) is 9.46. The quantitative estimate of drug-likeness (QED) is 0.139. The minimum Gasteiger partial charge on any atom is -0.481 e. The molecule has 31 heavy (non-hydrogen) atoms. The first-order valence-electron chi connectivity index (χ1n) is 9.46. The van der Waals surface area contributed by atoms with Crippen molar-refractivity contribution in [2.24, 2.45) is 0 Å². The van der Waals surface area contributed by atoms with Crippen LogP contribution in [0.3, 0.4) is 0 Å². The highest BCUT2D eigenvalue weighted by Crippen LogP contribution is 2.07. The van der Waals surface area contributed by atoms with Crippen molar-refractivity contribution in [1.29, 1.82) is 0 Å². The van der Waals surface area contributed by atoms with Crippen molar-refractivity contribution in [3.05, 3.63) is 0 Å². The Morgan fingerprint density at radius 2 is 1.48 bits per heavy atom. The molecule has 0 spiro atoms. The number of hydrogen-bond acceptors (Lipinski definition) is 8. The van der Waals surface area contributed by atoms with E-state index in [4.69, 9.17) is 20.4 Å². The van der Waals surface area contributed by atoms with E-state index >= 15 is 0 Å². The standard InChI is InChI=1S/C17H26N4O10/c22-7-11(17(30)31)21-15(28)9(3-4-12(23)24)19-16(29)10(6-13(25)26)20-14(27)8-2-1-5-18-8/h8-11,18,22H,1-7H2,(H,19,29)(H,20,27)(H,21,28)(H,23,24)(H,25,26)(H,30,31). The van der Waals surface area contributed by atoms with E-state index < -0.39 is 85.7 Å². The van der Waals surface area contributed by atoms with Gasteiger partial charge in [0, 0.05) is 6.42 Å². The summed E-state index contributed by atoms with van der Waals surface area (Å²) in [6.07, 6.45) is -0.596. The zero-order valence-electron chi connectivity index (χ0n) is 16.5. The van der Waals surface area contributed by atoms with Gasteiger partial charge in [-0.25, -0.2) is 4.79 Å². The lowest BCUT2D eigenvalue weighted by Crippen LogP contribution is -2.57. The predicted octanol–water partition coefficient (Wildman–Crippen LogP) is -3.39. The molecule has 14 heteroatoms. The van der Waals surface area contributed by atoms with Crippen LogP contribution < -0.4 is 21.3 Å². The molecule has 4 unspecified atom stereocenters. The molecular formula is C17H26N4O10. The lowest BCUT2D eigenvalue weighted by Gasteiger charge is -2.24. The molecule has 174 valence electrons. The summed E-state index contributed by atoms with van der Waals surface area (Å²) < 4.78 is 0. The Morgan fingerprint density at radius 3 is 1.97 bits per heavy atom. The van der Waals surface area contributed by atoms with Gasteiger partial charge in [-0.15, -0.1) is 0 Å². The van der Waals surface area contributed by atoms with Crippen LogP contribution in [0.1, 0.15) is 32.1 Å². The van der Waals surface area contributed by atoms with Gasteiger partial charge in [0.2, 0.25) is 17.7 Å². The lowest BCUT2D eigenvalue weighted by atomic mass is 10.1. The van der Waals surface area contributed by atoms with Gasteiger partial charge in [0.1, 0.15) is 18.1 Å². The van der Waals surface area contributed by atoms with Crippen LogP contribution in [-0.2, 0) is 28.8 Å². The van der Waals surface area contributed by atoms with E-state index in [-0.39, 0.29) is 0 Å². The summed E-state index contributed by atoms with van der Waals surface area (Å²) in [4.78, 5) is 70.1. The Bertz CT molecular complexity index is 707. The molecule has 1 heterocycles. The van der Waals surface area contributed by atoms with Gasteiger partial charge in [0.25, 0.3) is 0 Å². The fraction of sp³-hybridized carbons (Fsp3) is 0.647. The summed E-state index contributed by atoms with van der Waals surface area (Å²) in [5, 5.41) is 45.1. The van der Waals surface area contributed by atoms with E-state index in [0.29, 0.717) is 13.0 Å². The molecule has 0 saturated carbocycles. The topological polar surface area (TPSA) is 231 Å². The van der Waals surface area contributed by atoms with Crippen LogP contribution in [0.2, 0.25) is 0 Å². The van der Waals surface area contributed by atoms with Crippen molar-refractivity contribution in [2.75, 3.05) is 13.2 Å². The van der Waals surface area contributed by atoms with E-state index in [1.54, 1.807) is 0 Å². The largest absolute Gasteiger partial charge is 0.481 e. The third kappa shape index (κ3) is 8.96. The number of amides is 3. The van der Waals surface area contributed by atoms with Gasteiger partial charge >= 0.3 is 17.9 Å². The molecular weight excluding hydrogens is 420 g/mol. The molecule has 1 saturated heterocycles. The second-order valence-corrected chi connectivity index (χ2v) is 6.88. The summed E-state index contributed by atoms with van der Waals surface area (Å²) in [6, 6.07) is -5.40. The van der Waals surface area contributed by atoms with E-state index in [0.717, 1.165) is 6.42 Å². The molecule has 8 N–H and O–H groups in total. The number of carbonyl (C=O) groups excluding carboxylic acids is 3. The van der Waals surface area contributed by atoms with Gasteiger partial charge in [-0.3, -0.25) is 24.0 Å². The summed E-state index contributed by atoms with van der Waals surface area (Å²) in [6.45, 7) is -0.367. The highest BCUT2D eigenvalue weighted by atomic mass is 16.4. The molecule has 0 radical (unpaired) electrons. The minimum atomic E-state index is -1.69. The molecule has 0 aromatic heterocycles. The van der Waals surface area contributed by atoms with Crippen LogP contribution in [0.25, 0.3) is 0 Å². The maximum absolute atomic E-state index is 12.6. The monoisotopic (exact) mass is 446 g/mol. The maximum Gasteiger partial charge on any atom is 0.328 e. The number of carboxylic acids is 3. The average Bonchev–Trinajstić information content (AvgIpc) is 3.22. The summed E-state index contributed by atoms with van der Waals surface area (Å²) in [5.41, 5.74) is 0. The normalized spacial score (nSPS) is 18.3. The molecule has 1 fully saturated rings. The summed E-state index contributed by atoms with van der Waals surface area (Å²) >= 11 is 0. The van der Waals surface area contributed by atoms with Crippen molar-refractivity contribution in [3.63, 3.8) is 0 Å². The third-order valence-corrected chi connectivity index (χ3v) is 4.47. The molecule has 14 nitrogen and oxygen atoms in total. The highest BCUT2D eigenvalue weighted by Gasteiger charge is 2.32. The fourth-order valence-electron chi connectivity index (χ4n) is 2.83. The van der Waals surface area contributed by atoms with E-state index in [1.165, 1.54) is 0 Å². The number of carboxylic acid groups (broad SMARTS) is 3. The Balaban J connectivity index is 2.91. The molecule has 0 aromatic carbocycles. The predicted molar refractivity (Wildman–Crippen MR) is 101 cm³/mol. The summed E-state index contributed by atoms with van der Waals surface area (Å²) in [7, 11) is 0. The Hall–Kier alpha value is -3.26. The van der Waals surface area contributed by atoms with Crippen LogP contribution in [-0.4, -0.2) is 93.4 Å². The first kappa shape index (κ1) is 25.8. The van der Waals surface area contributed by atoms with Gasteiger partial charge < -0.3 is 41.7 Å². The zero-order chi connectivity index (χ0) is 23.6. The van der Waals surface area contributed by atoms with Crippen molar-refractivity contribution < 1.29 is 49.2 Å². The van der Waals surface area contributed by atoms with Gasteiger partial charge in [-0.05, 0) is 25.8 Å². The van der Waals surface area contributed by atoms with Crippen LogP contribution in [0.5, 0.6) is 0 Å². The number of nitrogens with one attached hydrogen (secondary N) is 4. The van der Waals surface area contributed by atoms with Gasteiger partial charge in [0.05, 0.1) is 19.1 Å².